The standard InChI is InChI=1S/C26H31F3N2O4S.2ClH/c1-2-34-23(25(32)33)13-17-3-7-19(8-4-17)35-12-11-30-24-21-15-31(16-22(21)24)14-18-5-9-20(10-6-18)36-26(27,28)29;;/h3-10,21-24,30H,2,11-16H2,1H3,(H,32,33);2*1H/t21-,22?,23-,24?;;/m0../s1. The third-order valence-electron chi connectivity index (χ3n) is 6.57. The second-order valence-electron chi connectivity index (χ2n) is 9.17. The number of hydrogen-bond donors (Lipinski definition) is 2. The molecular weight excluding hydrogens is 564 g/mol. The van der Waals surface area contributed by atoms with Crippen LogP contribution in [0.15, 0.2) is 53.4 Å². The Kier molecular flexibility index (Phi) is 12.5. The zero-order valence-corrected chi connectivity index (χ0v) is 23.3. The minimum absolute atomic E-state index is 0. The lowest BCUT2D eigenvalue weighted by Crippen LogP contribution is -2.33. The molecule has 0 aromatic heterocycles. The Bertz CT molecular complexity index is 1000. The molecular formula is C26H33Cl2F3N2O4S. The maximum absolute atomic E-state index is 12.5. The number of likely N-dealkylation sites (tertiary alicyclic amines) is 1. The molecule has 12 heteroatoms. The van der Waals surface area contributed by atoms with Gasteiger partial charge in [-0.3, -0.25) is 4.90 Å². The quantitative estimate of drug-likeness (QED) is 0.241. The Morgan fingerprint density at radius 3 is 2.24 bits per heavy atom. The fourth-order valence-corrected chi connectivity index (χ4v) is 5.39. The van der Waals surface area contributed by atoms with Crippen molar-refractivity contribution in [1.82, 2.24) is 10.2 Å². The van der Waals surface area contributed by atoms with Gasteiger partial charge in [0.25, 0.3) is 0 Å². The molecule has 2 N–H and O–H groups in total. The molecule has 2 unspecified atom stereocenters. The van der Waals surface area contributed by atoms with Gasteiger partial charge in [0.1, 0.15) is 12.4 Å². The number of benzene rings is 2. The molecule has 1 aliphatic heterocycles. The molecule has 2 aliphatic rings. The van der Waals surface area contributed by atoms with Gasteiger partial charge in [-0.05, 0) is 65.9 Å². The van der Waals surface area contributed by atoms with Gasteiger partial charge >= 0.3 is 11.5 Å². The number of piperidine rings is 1. The summed E-state index contributed by atoms with van der Waals surface area (Å²) in [7, 11) is 0. The first kappa shape index (κ1) is 32.5. The van der Waals surface area contributed by atoms with Gasteiger partial charge in [-0.2, -0.15) is 13.2 Å². The number of carbonyl (C=O) groups is 1. The predicted molar refractivity (Wildman–Crippen MR) is 146 cm³/mol. The lowest BCUT2D eigenvalue weighted by Gasteiger charge is -2.20. The third kappa shape index (κ3) is 9.50. The summed E-state index contributed by atoms with van der Waals surface area (Å²) in [6, 6.07) is 14.5. The van der Waals surface area contributed by atoms with Gasteiger partial charge in [-0.15, -0.1) is 24.8 Å². The highest BCUT2D eigenvalue weighted by Gasteiger charge is 2.55. The molecule has 6 nitrogen and oxygen atoms in total. The highest BCUT2D eigenvalue weighted by Crippen LogP contribution is 2.45. The molecule has 1 saturated heterocycles. The smallest absolute Gasteiger partial charge is 0.446 e. The van der Waals surface area contributed by atoms with Crippen molar-refractivity contribution < 1.29 is 32.5 Å². The van der Waals surface area contributed by atoms with Crippen LogP contribution < -0.4 is 10.1 Å². The summed E-state index contributed by atoms with van der Waals surface area (Å²) in [5.74, 6) is 0.994. The number of carboxylic acids is 1. The van der Waals surface area contributed by atoms with Crippen LogP contribution in [0.3, 0.4) is 0 Å². The van der Waals surface area contributed by atoms with E-state index in [1.54, 1.807) is 19.1 Å². The van der Waals surface area contributed by atoms with Crippen molar-refractivity contribution >= 4 is 42.5 Å². The van der Waals surface area contributed by atoms with E-state index >= 15 is 0 Å². The lowest BCUT2D eigenvalue weighted by atomic mass is 10.1. The van der Waals surface area contributed by atoms with Crippen LogP contribution in [0.25, 0.3) is 0 Å². The zero-order chi connectivity index (χ0) is 25.7. The second-order valence-corrected chi connectivity index (χ2v) is 10.3. The minimum atomic E-state index is -4.26. The molecule has 0 radical (unpaired) electrons. The van der Waals surface area contributed by atoms with E-state index in [1.807, 2.05) is 24.3 Å². The number of fused-ring (bicyclic) bond motifs is 1. The summed E-state index contributed by atoms with van der Waals surface area (Å²) in [4.78, 5) is 13.8. The zero-order valence-electron chi connectivity index (χ0n) is 20.9. The van der Waals surface area contributed by atoms with Gasteiger partial charge in [-0.25, -0.2) is 4.79 Å². The molecule has 4 atom stereocenters. The van der Waals surface area contributed by atoms with Gasteiger partial charge in [0.05, 0.1) is 0 Å². The Balaban J connectivity index is 0.00000253. The molecule has 2 aromatic rings. The second kappa shape index (κ2) is 14.6. The Hall–Kier alpha value is -1.69. The molecule has 38 heavy (non-hydrogen) atoms. The van der Waals surface area contributed by atoms with Crippen molar-refractivity contribution in [3.63, 3.8) is 0 Å². The molecule has 2 fully saturated rings. The van der Waals surface area contributed by atoms with E-state index in [2.05, 4.69) is 10.2 Å². The number of thioether (sulfide) groups is 1. The van der Waals surface area contributed by atoms with Crippen molar-refractivity contribution in [3.05, 3.63) is 59.7 Å². The molecule has 1 aliphatic carbocycles. The van der Waals surface area contributed by atoms with Crippen LogP contribution in [0.5, 0.6) is 5.75 Å². The van der Waals surface area contributed by atoms with Crippen LogP contribution in [0.1, 0.15) is 18.1 Å². The summed E-state index contributed by atoms with van der Waals surface area (Å²) >= 11 is -0.0834. The highest BCUT2D eigenvalue weighted by atomic mass is 35.5. The molecule has 2 aromatic carbocycles. The number of ether oxygens (including phenoxy) is 2. The average Bonchev–Trinajstić information content (AvgIpc) is 3.27. The maximum atomic E-state index is 12.5. The van der Waals surface area contributed by atoms with Gasteiger partial charge in [-0.1, -0.05) is 24.3 Å². The molecule has 0 bridgehead atoms. The van der Waals surface area contributed by atoms with Gasteiger partial charge in [0.15, 0.2) is 6.10 Å². The number of carboxylic acid groups (broad SMARTS) is 1. The molecule has 0 spiro atoms. The van der Waals surface area contributed by atoms with Gasteiger partial charge < -0.3 is 19.9 Å². The monoisotopic (exact) mass is 596 g/mol. The van der Waals surface area contributed by atoms with E-state index in [9.17, 15) is 23.1 Å². The summed E-state index contributed by atoms with van der Waals surface area (Å²) in [6.45, 7) is 6.14. The lowest BCUT2D eigenvalue weighted by molar-refractivity contribution is -0.149. The average molecular weight is 598 g/mol. The first-order valence-corrected chi connectivity index (χ1v) is 12.9. The van der Waals surface area contributed by atoms with Crippen molar-refractivity contribution in [2.45, 2.75) is 42.4 Å². The number of nitrogens with one attached hydrogen (secondary N) is 1. The molecule has 0 amide bonds. The van der Waals surface area contributed by atoms with Crippen LogP contribution in [0.2, 0.25) is 0 Å². The van der Waals surface area contributed by atoms with Crippen molar-refractivity contribution in [3.8, 4) is 5.75 Å². The first-order chi connectivity index (χ1) is 17.2. The maximum Gasteiger partial charge on any atom is 0.446 e. The number of rotatable bonds is 13. The van der Waals surface area contributed by atoms with E-state index in [1.165, 1.54) is 12.1 Å². The number of alkyl halides is 3. The van der Waals surface area contributed by atoms with Gasteiger partial charge in [0.2, 0.25) is 0 Å². The number of halogens is 5. The van der Waals surface area contributed by atoms with Crippen molar-refractivity contribution in [1.29, 1.82) is 0 Å². The summed E-state index contributed by atoms with van der Waals surface area (Å²) < 4.78 is 48.5. The minimum Gasteiger partial charge on any atom is -0.492 e. The molecule has 212 valence electrons. The molecule has 1 heterocycles. The number of nitrogens with zero attached hydrogens (tertiary/aromatic N) is 1. The van der Waals surface area contributed by atoms with Crippen LogP contribution in [0.4, 0.5) is 13.2 Å². The van der Waals surface area contributed by atoms with E-state index in [0.717, 1.165) is 43.1 Å². The summed E-state index contributed by atoms with van der Waals surface area (Å²) in [6.07, 6.45) is -0.530. The Morgan fingerprint density at radius 2 is 1.68 bits per heavy atom. The van der Waals surface area contributed by atoms with Crippen molar-refractivity contribution in [2.75, 3.05) is 32.8 Å². The van der Waals surface area contributed by atoms with E-state index in [4.69, 9.17) is 9.47 Å². The topological polar surface area (TPSA) is 71.0 Å². The normalized spacial score (nSPS) is 21.1. The first-order valence-electron chi connectivity index (χ1n) is 12.1. The SMILES string of the molecule is CCO[C@@H](Cc1ccc(OCCNC2C3CN(Cc4ccc(SC(F)(F)F)cc4)C[C@@H]32)cc1)C(=O)O.Cl.Cl. The van der Waals surface area contributed by atoms with Crippen LogP contribution in [-0.2, 0) is 22.5 Å². The van der Waals surface area contributed by atoms with Crippen molar-refractivity contribution in [2.24, 2.45) is 11.8 Å². The van der Waals surface area contributed by atoms with E-state index in [-0.39, 0.29) is 41.5 Å². The Labute approximate surface area is 237 Å². The molecule has 1 saturated carbocycles. The van der Waals surface area contributed by atoms with Crippen LogP contribution in [0, 0.1) is 11.8 Å². The fraction of sp³-hybridized carbons (Fsp3) is 0.500. The number of hydrogen-bond acceptors (Lipinski definition) is 6. The predicted octanol–water partition coefficient (Wildman–Crippen LogP) is 5.27. The summed E-state index contributed by atoms with van der Waals surface area (Å²) in [5, 5.41) is 12.8. The highest BCUT2D eigenvalue weighted by molar-refractivity contribution is 8.00. The van der Waals surface area contributed by atoms with E-state index in [0.29, 0.717) is 37.5 Å². The summed E-state index contributed by atoms with van der Waals surface area (Å²) in [5.41, 5.74) is -2.34. The Morgan fingerprint density at radius 1 is 1.08 bits per heavy atom. The number of aliphatic carboxylic acids is 1. The molecule has 4 rings (SSSR count). The fourth-order valence-electron chi connectivity index (χ4n) is 4.85. The van der Waals surface area contributed by atoms with Crippen LogP contribution in [-0.4, -0.2) is 66.5 Å². The third-order valence-corrected chi connectivity index (χ3v) is 7.31. The van der Waals surface area contributed by atoms with Crippen LogP contribution >= 0.6 is 36.6 Å². The van der Waals surface area contributed by atoms with Gasteiger partial charge in [0, 0.05) is 50.1 Å². The van der Waals surface area contributed by atoms with E-state index < -0.39 is 17.6 Å². The largest absolute Gasteiger partial charge is 0.492 e.